The van der Waals surface area contributed by atoms with Crippen LogP contribution in [0.1, 0.15) is 22.2 Å². The number of pyridine rings is 1. The Morgan fingerprint density at radius 1 is 1.18 bits per heavy atom. The molecule has 0 fully saturated rings. The summed E-state index contributed by atoms with van der Waals surface area (Å²) in [7, 11) is 0. The molecule has 0 aliphatic heterocycles. The van der Waals surface area contributed by atoms with E-state index in [1.807, 2.05) is 36.4 Å². The van der Waals surface area contributed by atoms with E-state index in [2.05, 4.69) is 4.98 Å². The van der Waals surface area contributed by atoms with Crippen molar-refractivity contribution in [2.45, 2.75) is 11.8 Å². The van der Waals surface area contributed by atoms with Crippen LogP contribution >= 0.6 is 11.6 Å². The van der Waals surface area contributed by atoms with Crippen molar-refractivity contribution in [3.8, 4) is 6.07 Å². The monoisotopic (exact) mass is 242 g/mol. The second-order valence-corrected chi connectivity index (χ2v) is 4.27. The van der Waals surface area contributed by atoms with Gasteiger partial charge in [-0.3, -0.25) is 4.98 Å². The lowest BCUT2D eigenvalue weighted by Crippen LogP contribution is -1.98. The van der Waals surface area contributed by atoms with Crippen LogP contribution in [0.3, 0.4) is 0 Å². The van der Waals surface area contributed by atoms with E-state index in [4.69, 9.17) is 16.9 Å². The van der Waals surface area contributed by atoms with E-state index < -0.39 is 0 Å². The largest absolute Gasteiger partial charge is 0.258 e. The van der Waals surface area contributed by atoms with Gasteiger partial charge < -0.3 is 0 Å². The smallest absolute Gasteiger partial charge is 0.101 e. The fourth-order valence-electron chi connectivity index (χ4n) is 1.58. The molecule has 3 heteroatoms. The summed E-state index contributed by atoms with van der Waals surface area (Å²) in [5, 5.41) is 8.52. The maximum absolute atomic E-state index is 8.68. The zero-order valence-electron chi connectivity index (χ0n) is 9.18. The SMILES string of the molecule is N#Cc1ccc(C(Cl)Cc2ccccc2)nc1. The molecule has 17 heavy (non-hydrogen) atoms. The third-order valence-corrected chi connectivity index (χ3v) is 2.87. The summed E-state index contributed by atoms with van der Waals surface area (Å²) in [6.45, 7) is 0. The van der Waals surface area contributed by atoms with Crippen LogP contribution in [-0.4, -0.2) is 4.98 Å². The van der Waals surface area contributed by atoms with Crippen LogP contribution < -0.4 is 0 Å². The second-order valence-electron chi connectivity index (χ2n) is 3.74. The van der Waals surface area contributed by atoms with E-state index in [1.54, 1.807) is 18.3 Å². The lowest BCUT2D eigenvalue weighted by atomic mass is 10.1. The van der Waals surface area contributed by atoms with Crippen LogP contribution in [0.5, 0.6) is 0 Å². The molecule has 1 aromatic heterocycles. The molecule has 2 rings (SSSR count). The zero-order chi connectivity index (χ0) is 12.1. The van der Waals surface area contributed by atoms with Crippen LogP contribution in [0, 0.1) is 11.3 Å². The molecule has 1 heterocycles. The highest BCUT2D eigenvalue weighted by molar-refractivity contribution is 6.20. The Labute approximate surface area is 105 Å². The van der Waals surface area contributed by atoms with Gasteiger partial charge in [0.2, 0.25) is 0 Å². The van der Waals surface area contributed by atoms with Crippen LogP contribution in [0.25, 0.3) is 0 Å². The first-order chi connectivity index (χ1) is 8.29. The van der Waals surface area contributed by atoms with Crippen LogP contribution in [-0.2, 0) is 6.42 Å². The number of hydrogen-bond acceptors (Lipinski definition) is 2. The molecule has 0 bridgehead atoms. The first-order valence-electron chi connectivity index (χ1n) is 5.33. The number of aromatic nitrogens is 1. The predicted octanol–water partition coefficient (Wildman–Crippen LogP) is 3.48. The van der Waals surface area contributed by atoms with Gasteiger partial charge in [-0.15, -0.1) is 11.6 Å². The highest BCUT2D eigenvalue weighted by Gasteiger charge is 2.10. The van der Waals surface area contributed by atoms with Crippen molar-refractivity contribution in [2.24, 2.45) is 0 Å². The third kappa shape index (κ3) is 3.05. The van der Waals surface area contributed by atoms with Crippen molar-refractivity contribution in [1.82, 2.24) is 4.98 Å². The van der Waals surface area contributed by atoms with Crippen molar-refractivity contribution in [2.75, 3.05) is 0 Å². The molecule has 0 aliphatic rings. The summed E-state index contributed by atoms with van der Waals surface area (Å²) in [6.07, 6.45) is 2.29. The number of halogens is 1. The van der Waals surface area contributed by atoms with Gasteiger partial charge >= 0.3 is 0 Å². The zero-order valence-corrected chi connectivity index (χ0v) is 9.93. The molecule has 0 aliphatic carbocycles. The van der Waals surface area contributed by atoms with E-state index in [0.29, 0.717) is 5.56 Å². The van der Waals surface area contributed by atoms with Gasteiger partial charge in [0.1, 0.15) is 6.07 Å². The Morgan fingerprint density at radius 3 is 2.53 bits per heavy atom. The molecule has 0 radical (unpaired) electrons. The lowest BCUT2D eigenvalue weighted by molar-refractivity contribution is 0.876. The number of alkyl halides is 1. The highest BCUT2D eigenvalue weighted by atomic mass is 35.5. The van der Waals surface area contributed by atoms with Crippen molar-refractivity contribution in [1.29, 1.82) is 5.26 Å². The standard InChI is InChI=1S/C14H11ClN2/c15-13(8-11-4-2-1-3-5-11)14-7-6-12(9-16)10-17-14/h1-7,10,13H,8H2. The molecule has 0 saturated carbocycles. The Hall–Kier alpha value is -1.85. The number of rotatable bonds is 3. The van der Waals surface area contributed by atoms with Crippen molar-refractivity contribution >= 4 is 11.6 Å². The lowest BCUT2D eigenvalue weighted by Gasteiger charge is -2.08. The predicted molar refractivity (Wildman–Crippen MR) is 67.7 cm³/mol. The normalized spacial score (nSPS) is 11.8. The minimum atomic E-state index is -0.162. The summed E-state index contributed by atoms with van der Waals surface area (Å²) < 4.78 is 0. The van der Waals surface area contributed by atoms with Gasteiger partial charge in [0.05, 0.1) is 16.6 Å². The number of nitrogens with zero attached hydrogens (tertiary/aromatic N) is 2. The Kier molecular flexibility index (Phi) is 3.74. The van der Waals surface area contributed by atoms with Gasteiger partial charge in [-0.25, -0.2) is 0 Å². The molecule has 1 aromatic carbocycles. The van der Waals surface area contributed by atoms with E-state index in [0.717, 1.165) is 12.1 Å². The fourth-order valence-corrected chi connectivity index (χ4v) is 1.89. The van der Waals surface area contributed by atoms with Crippen molar-refractivity contribution < 1.29 is 0 Å². The maximum Gasteiger partial charge on any atom is 0.101 e. The Bertz CT molecular complexity index is 514. The molecular formula is C14H11ClN2. The first-order valence-corrected chi connectivity index (χ1v) is 5.77. The molecule has 2 nitrogen and oxygen atoms in total. The van der Waals surface area contributed by atoms with Crippen LogP contribution in [0.4, 0.5) is 0 Å². The van der Waals surface area contributed by atoms with Crippen LogP contribution in [0.2, 0.25) is 0 Å². The highest BCUT2D eigenvalue weighted by Crippen LogP contribution is 2.23. The summed E-state index contributed by atoms with van der Waals surface area (Å²) in [6, 6.07) is 15.6. The summed E-state index contributed by atoms with van der Waals surface area (Å²) in [4.78, 5) is 4.19. The van der Waals surface area contributed by atoms with Gasteiger partial charge in [-0.05, 0) is 24.1 Å². The first kappa shape index (κ1) is 11.6. The van der Waals surface area contributed by atoms with E-state index in [-0.39, 0.29) is 5.38 Å². The quantitative estimate of drug-likeness (QED) is 0.773. The summed E-state index contributed by atoms with van der Waals surface area (Å²) in [5.41, 5.74) is 2.53. The van der Waals surface area contributed by atoms with Gasteiger partial charge in [0.15, 0.2) is 0 Å². The molecule has 0 saturated heterocycles. The molecule has 2 aromatic rings. The number of nitriles is 1. The fraction of sp³-hybridized carbons (Fsp3) is 0.143. The molecule has 1 unspecified atom stereocenters. The summed E-state index contributed by atoms with van der Waals surface area (Å²) >= 11 is 6.29. The van der Waals surface area contributed by atoms with Crippen molar-refractivity contribution in [3.63, 3.8) is 0 Å². The number of benzene rings is 1. The average Bonchev–Trinajstić information content (AvgIpc) is 2.40. The maximum atomic E-state index is 8.68. The van der Waals surface area contributed by atoms with Gasteiger partial charge in [0, 0.05) is 6.20 Å². The van der Waals surface area contributed by atoms with Gasteiger partial charge in [-0.1, -0.05) is 30.3 Å². The minimum absolute atomic E-state index is 0.162. The Morgan fingerprint density at radius 2 is 1.94 bits per heavy atom. The van der Waals surface area contributed by atoms with E-state index in [1.165, 1.54) is 5.56 Å². The van der Waals surface area contributed by atoms with E-state index >= 15 is 0 Å². The van der Waals surface area contributed by atoms with Gasteiger partial charge in [0.25, 0.3) is 0 Å². The topological polar surface area (TPSA) is 36.7 Å². The molecule has 0 N–H and O–H groups in total. The molecular weight excluding hydrogens is 232 g/mol. The van der Waals surface area contributed by atoms with Gasteiger partial charge in [-0.2, -0.15) is 5.26 Å². The molecule has 84 valence electrons. The Balaban J connectivity index is 2.10. The molecule has 1 atom stereocenters. The van der Waals surface area contributed by atoms with E-state index in [9.17, 15) is 0 Å². The third-order valence-electron chi connectivity index (χ3n) is 2.49. The second kappa shape index (κ2) is 5.47. The molecule has 0 amide bonds. The summed E-state index contributed by atoms with van der Waals surface area (Å²) in [5.74, 6) is 0. The van der Waals surface area contributed by atoms with Crippen LogP contribution in [0.15, 0.2) is 48.7 Å². The molecule has 0 spiro atoms. The minimum Gasteiger partial charge on any atom is -0.258 e. The van der Waals surface area contributed by atoms with Crippen molar-refractivity contribution in [3.05, 3.63) is 65.5 Å². The number of hydrogen-bond donors (Lipinski definition) is 0. The average molecular weight is 243 g/mol.